The summed E-state index contributed by atoms with van der Waals surface area (Å²) in [4.78, 5) is 24.6. The first-order valence-electron chi connectivity index (χ1n) is 10.8. The first-order valence-corrected chi connectivity index (χ1v) is 10.8. The fourth-order valence-electron chi connectivity index (χ4n) is 3.49. The molecule has 0 fully saturated rings. The number of nitrogen functional groups attached to an aromatic ring is 1. The zero-order valence-corrected chi connectivity index (χ0v) is 19.2. The normalized spacial score (nSPS) is 11.5. The molecule has 3 aromatic rings. The van der Waals surface area contributed by atoms with Gasteiger partial charge in [-0.15, -0.1) is 0 Å². The third-order valence-corrected chi connectivity index (χ3v) is 5.26. The molecule has 4 N–H and O–H groups in total. The van der Waals surface area contributed by atoms with E-state index in [0.717, 1.165) is 12.1 Å². The average molecular weight is 481 g/mol. The number of ether oxygens (including phenoxy) is 2. The van der Waals surface area contributed by atoms with Crippen molar-refractivity contribution in [2.24, 2.45) is 5.73 Å². The molecule has 0 aromatic heterocycles. The van der Waals surface area contributed by atoms with Crippen molar-refractivity contribution in [1.29, 1.82) is 5.41 Å². The maximum Gasteiger partial charge on any atom is 0.337 e. The maximum absolute atomic E-state index is 15.1. The molecule has 3 aromatic carbocycles. The van der Waals surface area contributed by atoms with E-state index in [1.807, 2.05) is 0 Å². The van der Waals surface area contributed by atoms with Crippen LogP contribution in [0.5, 0.6) is 0 Å². The van der Waals surface area contributed by atoms with Gasteiger partial charge in [-0.2, -0.15) is 0 Å². The Balaban J connectivity index is 1.84. The molecule has 0 aliphatic carbocycles. The number of esters is 1. The second-order valence-electron chi connectivity index (χ2n) is 7.59. The standard InChI is InChI=1S/C26H25F2N3O4/c1-3-35-23(25(32)31-14-15-7-9-16(10-8-15)24(29)30)22-20(27)12-19(13-21(22)28)17-5-4-6-18(11-17)26(33)34-2/h4-13,23H,3,14H2,1-2H3,(H3,29,30)(H,31,32). The molecule has 9 heteroatoms. The van der Waals surface area contributed by atoms with Gasteiger partial charge in [-0.05, 0) is 47.9 Å². The molecule has 0 spiro atoms. The Morgan fingerprint density at radius 2 is 1.66 bits per heavy atom. The number of hydrogen-bond acceptors (Lipinski definition) is 5. The second-order valence-corrected chi connectivity index (χ2v) is 7.59. The number of benzene rings is 3. The van der Waals surface area contributed by atoms with Gasteiger partial charge >= 0.3 is 5.97 Å². The summed E-state index contributed by atoms with van der Waals surface area (Å²) in [5.74, 6) is -3.27. The zero-order chi connectivity index (χ0) is 25.5. The predicted molar refractivity (Wildman–Crippen MR) is 127 cm³/mol. The molecule has 182 valence electrons. The van der Waals surface area contributed by atoms with Crippen molar-refractivity contribution in [3.8, 4) is 11.1 Å². The Kier molecular flexibility index (Phi) is 8.27. The lowest BCUT2D eigenvalue weighted by Gasteiger charge is -2.19. The van der Waals surface area contributed by atoms with Crippen molar-refractivity contribution >= 4 is 17.7 Å². The van der Waals surface area contributed by atoms with Crippen LogP contribution in [0.15, 0.2) is 60.7 Å². The van der Waals surface area contributed by atoms with Gasteiger partial charge in [-0.3, -0.25) is 10.2 Å². The van der Waals surface area contributed by atoms with E-state index in [4.69, 9.17) is 15.9 Å². The van der Waals surface area contributed by atoms with Gasteiger partial charge < -0.3 is 20.5 Å². The second kappa shape index (κ2) is 11.3. The fourth-order valence-corrected chi connectivity index (χ4v) is 3.49. The minimum atomic E-state index is -1.51. The van der Waals surface area contributed by atoms with Gasteiger partial charge in [0, 0.05) is 18.7 Å². The molecule has 35 heavy (non-hydrogen) atoms. The zero-order valence-electron chi connectivity index (χ0n) is 19.2. The number of methoxy groups -OCH3 is 1. The maximum atomic E-state index is 15.1. The van der Waals surface area contributed by atoms with Crippen LogP contribution < -0.4 is 11.1 Å². The number of nitrogens with one attached hydrogen (secondary N) is 2. The Morgan fingerprint density at radius 1 is 1.00 bits per heavy atom. The smallest absolute Gasteiger partial charge is 0.337 e. The van der Waals surface area contributed by atoms with E-state index >= 15 is 8.78 Å². The number of halogens is 2. The Morgan fingerprint density at radius 3 is 2.23 bits per heavy atom. The molecule has 3 rings (SSSR count). The lowest BCUT2D eigenvalue weighted by Crippen LogP contribution is -2.31. The van der Waals surface area contributed by atoms with Crippen LogP contribution in [0.2, 0.25) is 0 Å². The molecule has 0 aliphatic rings. The monoisotopic (exact) mass is 481 g/mol. The molecule has 0 aliphatic heterocycles. The lowest BCUT2D eigenvalue weighted by atomic mass is 9.98. The largest absolute Gasteiger partial charge is 0.465 e. The van der Waals surface area contributed by atoms with Crippen LogP contribution in [0.1, 0.15) is 40.1 Å². The van der Waals surface area contributed by atoms with Crippen LogP contribution in [-0.4, -0.2) is 31.4 Å². The number of nitrogens with two attached hydrogens (primary N) is 1. The number of amidine groups is 1. The summed E-state index contributed by atoms with van der Waals surface area (Å²) in [5.41, 5.74) is 7.00. The summed E-state index contributed by atoms with van der Waals surface area (Å²) in [6.45, 7) is 1.75. The van der Waals surface area contributed by atoms with Crippen LogP contribution in [0.3, 0.4) is 0 Å². The van der Waals surface area contributed by atoms with Crippen LogP contribution in [-0.2, 0) is 20.8 Å². The van der Waals surface area contributed by atoms with Crippen molar-refractivity contribution < 1.29 is 27.8 Å². The van der Waals surface area contributed by atoms with E-state index in [1.165, 1.54) is 19.2 Å². The molecule has 1 amide bonds. The summed E-state index contributed by atoms with van der Waals surface area (Å²) < 4.78 is 40.3. The van der Waals surface area contributed by atoms with Crippen molar-refractivity contribution in [3.05, 3.63) is 94.6 Å². The highest BCUT2D eigenvalue weighted by Crippen LogP contribution is 2.30. The highest BCUT2D eigenvalue weighted by atomic mass is 19.1. The van der Waals surface area contributed by atoms with Gasteiger partial charge in [-0.1, -0.05) is 36.4 Å². The van der Waals surface area contributed by atoms with Crippen LogP contribution in [0.4, 0.5) is 8.78 Å². The van der Waals surface area contributed by atoms with Gasteiger partial charge in [-0.25, -0.2) is 13.6 Å². The predicted octanol–water partition coefficient (Wildman–Crippen LogP) is 4.10. The highest BCUT2D eigenvalue weighted by molar-refractivity contribution is 5.95. The summed E-state index contributed by atoms with van der Waals surface area (Å²) in [6.07, 6.45) is -1.51. The van der Waals surface area contributed by atoms with Gasteiger partial charge in [0.05, 0.1) is 18.2 Å². The third-order valence-electron chi connectivity index (χ3n) is 5.26. The van der Waals surface area contributed by atoms with Gasteiger partial charge in [0.15, 0.2) is 6.10 Å². The topological polar surface area (TPSA) is 115 Å². The number of carbonyl (C=O) groups is 2. The van der Waals surface area contributed by atoms with E-state index in [2.05, 4.69) is 10.1 Å². The molecule has 0 saturated heterocycles. The molecule has 0 saturated carbocycles. The van der Waals surface area contributed by atoms with E-state index in [9.17, 15) is 9.59 Å². The van der Waals surface area contributed by atoms with E-state index < -0.39 is 35.2 Å². The summed E-state index contributed by atoms with van der Waals surface area (Å²) in [7, 11) is 1.24. The minimum Gasteiger partial charge on any atom is -0.465 e. The molecule has 1 unspecified atom stereocenters. The van der Waals surface area contributed by atoms with Crippen molar-refractivity contribution in [2.75, 3.05) is 13.7 Å². The Hall–Kier alpha value is -4.11. The van der Waals surface area contributed by atoms with Crippen LogP contribution >= 0.6 is 0 Å². The van der Waals surface area contributed by atoms with Crippen molar-refractivity contribution in [2.45, 2.75) is 19.6 Å². The van der Waals surface area contributed by atoms with Gasteiger partial charge in [0.25, 0.3) is 5.91 Å². The van der Waals surface area contributed by atoms with Crippen molar-refractivity contribution in [1.82, 2.24) is 5.32 Å². The highest BCUT2D eigenvalue weighted by Gasteiger charge is 2.28. The van der Waals surface area contributed by atoms with Crippen LogP contribution in [0.25, 0.3) is 11.1 Å². The number of amides is 1. The average Bonchev–Trinajstić information content (AvgIpc) is 2.86. The third kappa shape index (κ3) is 6.07. The van der Waals surface area contributed by atoms with E-state index in [0.29, 0.717) is 16.7 Å². The van der Waals surface area contributed by atoms with E-state index in [1.54, 1.807) is 43.3 Å². The van der Waals surface area contributed by atoms with Gasteiger partial charge in [0.1, 0.15) is 17.5 Å². The minimum absolute atomic E-state index is 0.0488. The first-order chi connectivity index (χ1) is 16.7. The molecule has 0 radical (unpaired) electrons. The quantitative estimate of drug-likeness (QED) is 0.242. The Bertz CT molecular complexity index is 1220. The molecule has 0 heterocycles. The number of carbonyl (C=O) groups excluding carboxylic acids is 2. The first kappa shape index (κ1) is 25.5. The summed E-state index contributed by atoms with van der Waals surface area (Å²) in [6, 6.07) is 15.0. The lowest BCUT2D eigenvalue weighted by molar-refractivity contribution is -0.133. The Labute approximate surface area is 201 Å². The SMILES string of the molecule is CCOC(C(=O)NCc1ccc(C(=N)N)cc1)c1c(F)cc(-c2cccc(C(=O)OC)c2)cc1F. The summed E-state index contributed by atoms with van der Waals surface area (Å²) >= 11 is 0. The van der Waals surface area contributed by atoms with Gasteiger partial charge in [0.2, 0.25) is 0 Å². The summed E-state index contributed by atoms with van der Waals surface area (Å²) in [5, 5.41) is 10.0. The van der Waals surface area contributed by atoms with Crippen LogP contribution in [0, 0.1) is 17.0 Å². The number of hydrogen-bond donors (Lipinski definition) is 3. The molecular formula is C26H25F2N3O4. The molecule has 7 nitrogen and oxygen atoms in total. The van der Waals surface area contributed by atoms with E-state index in [-0.39, 0.29) is 30.1 Å². The number of rotatable bonds is 9. The van der Waals surface area contributed by atoms with Crippen molar-refractivity contribution in [3.63, 3.8) is 0 Å². The molecular weight excluding hydrogens is 456 g/mol. The fraction of sp³-hybridized carbons (Fsp3) is 0.192. The molecule has 0 bridgehead atoms. The molecule has 1 atom stereocenters.